The Morgan fingerprint density at radius 2 is 1.87 bits per heavy atom. The average Bonchev–Trinajstić information content (AvgIpc) is 2.50. The lowest BCUT2D eigenvalue weighted by molar-refractivity contribution is -0.130. The first kappa shape index (κ1) is 16.9. The van der Waals surface area contributed by atoms with E-state index in [-0.39, 0.29) is 22.6 Å². The first-order chi connectivity index (χ1) is 10.8. The van der Waals surface area contributed by atoms with Crippen LogP contribution in [0, 0.1) is 13.8 Å². The Bertz CT molecular complexity index is 794. The third-order valence-corrected chi connectivity index (χ3v) is 3.86. The number of hydrogen-bond acceptors (Lipinski definition) is 3. The fourth-order valence-electron chi connectivity index (χ4n) is 2.19. The Morgan fingerprint density at radius 3 is 2.43 bits per heavy atom. The number of aromatic hydroxyl groups is 1. The van der Waals surface area contributed by atoms with Crippen LogP contribution in [0.1, 0.15) is 22.3 Å². The van der Waals surface area contributed by atoms with Gasteiger partial charge in [0.25, 0.3) is 0 Å². The molecule has 0 bridgehead atoms. The monoisotopic (exact) mass is 332 g/mol. The van der Waals surface area contributed by atoms with E-state index in [1.165, 1.54) is 25.3 Å². The highest BCUT2D eigenvalue weighted by Gasteiger charge is 2.15. The van der Waals surface area contributed by atoms with Crippen molar-refractivity contribution in [2.45, 2.75) is 13.8 Å². The van der Waals surface area contributed by atoms with Crippen molar-refractivity contribution in [3.05, 3.63) is 57.6 Å². The number of hydrogen-bond donors (Lipinski definition) is 2. The number of carboxylic acid groups (broad SMARTS) is 1. The molecule has 0 saturated carbocycles. The van der Waals surface area contributed by atoms with Crippen molar-refractivity contribution in [2.24, 2.45) is 0 Å². The van der Waals surface area contributed by atoms with Crippen molar-refractivity contribution in [3.63, 3.8) is 0 Å². The number of benzene rings is 2. The minimum atomic E-state index is -1.09. The molecular weight excluding hydrogens is 316 g/mol. The highest BCUT2D eigenvalue weighted by molar-refractivity contribution is 6.31. The molecule has 2 aromatic rings. The van der Waals surface area contributed by atoms with Gasteiger partial charge in [0.05, 0.1) is 12.7 Å². The summed E-state index contributed by atoms with van der Waals surface area (Å²) in [5.41, 5.74) is 2.96. The average molecular weight is 333 g/mol. The second-order valence-corrected chi connectivity index (χ2v) is 5.64. The van der Waals surface area contributed by atoms with Crippen LogP contribution in [0.2, 0.25) is 5.02 Å². The smallest absolute Gasteiger partial charge is 0.336 e. The predicted octanol–water partition coefficient (Wildman–Crippen LogP) is 4.30. The van der Waals surface area contributed by atoms with Crippen LogP contribution in [0.4, 0.5) is 0 Å². The maximum absolute atomic E-state index is 11.6. The molecule has 120 valence electrons. The number of phenols is 1. The number of aryl methyl sites for hydroxylation is 2. The Balaban J connectivity index is 2.62. The van der Waals surface area contributed by atoms with Crippen LogP contribution in [0.5, 0.6) is 11.5 Å². The summed E-state index contributed by atoms with van der Waals surface area (Å²) in [4.78, 5) is 11.6. The predicted molar refractivity (Wildman–Crippen MR) is 91.1 cm³/mol. The molecule has 0 atom stereocenters. The van der Waals surface area contributed by atoms with Gasteiger partial charge in [-0.25, -0.2) is 4.79 Å². The lowest BCUT2D eigenvalue weighted by atomic mass is 9.98. The van der Waals surface area contributed by atoms with Gasteiger partial charge in [-0.15, -0.1) is 0 Å². The Hall–Kier alpha value is -2.46. The molecule has 0 fully saturated rings. The summed E-state index contributed by atoms with van der Waals surface area (Å²) in [7, 11) is 1.40. The van der Waals surface area contributed by atoms with Crippen molar-refractivity contribution in [1.82, 2.24) is 0 Å². The quantitative estimate of drug-likeness (QED) is 0.647. The molecule has 0 heterocycles. The van der Waals surface area contributed by atoms with E-state index in [0.717, 1.165) is 11.1 Å². The molecule has 0 spiro atoms. The van der Waals surface area contributed by atoms with Gasteiger partial charge in [0.1, 0.15) is 0 Å². The number of ether oxygens (including phenoxy) is 1. The molecular formula is C18H17ClO4. The number of methoxy groups -OCH3 is 1. The van der Waals surface area contributed by atoms with E-state index in [1.807, 2.05) is 19.9 Å². The summed E-state index contributed by atoms with van der Waals surface area (Å²) in [5.74, 6) is -1.06. The number of phenolic OH excluding ortho intramolecular Hbond substituents is 1. The lowest BCUT2D eigenvalue weighted by Gasteiger charge is -2.10. The molecule has 2 aromatic carbocycles. The second-order valence-electron chi connectivity index (χ2n) is 5.21. The van der Waals surface area contributed by atoms with Crippen molar-refractivity contribution in [2.75, 3.05) is 7.11 Å². The van der Waals surface area contributed by atoms with Gasteiger partial charge >= 0.3 is 5.97 Å². The van der Waals surface area contributed by atoms with Crippen molar-refractivity contribution >= 4 is 29.2 Å². The Labute approximate surface area is 139 Å². The van der Waals surface area contributed by atoms with Crippen molar-refractivity contribution in [1.29, 1.82) is 0 Å². The van der Waals surface area contributed by atoms with Gasteiger partial charge in [0.15, 0.2) is 11.5 Å². The molecule has 0 radical (unpaired) electrons. The number of carboxylic acids is 1. The molecule has 4 nitrogen and oxygen atoms in total. The summed E-state index contributed by atoms with van der Waals surface area (Å²) in [6.07, 6.45) is 1.39. The molecule has 0 aliphatic rings. The molecule has 0 aromatic heterocycles. The number of halogens is 1. The zero-order chi connectivity index (χ0) is 17.1. The number of carbonyl (C=O) groups is 1. The molecule has 0 aliphatic carbocycles. The highest BCUT2D eigenvalue weighted by Crippen LogP contribution is 2.35. The molecule has 23 heavy (non-hydrogen) atoms. The minimum Gasteiger partial charge on any atom is -0.504 e. The van der Waals surface area contributed by atoms with E-state index < -0.39 is 5.97 Å². The van der Waals surface area contributed by atoms with E-state index >= 15 is 0 Å². The standard InChI is InChI=1S/C18H17ClO4/c1-10-4-5-12(6-11(10)2)15(18(21)22)8-13-7-14(19)9-16(23-3)17(13)20/h4-9,20H,1-3H3,(H,21,22)/b15-8-. The zero-order valence-electron chi connectivity index (χ0n) is 13.1. The van der Waals surface area contributed by atoms with Gasteiger partial charge in [0, 0.05) is 16.7 Å². The summed E-state index contributed by atoms with van der Waals surface area (Å²) in [5, 5.41) is 20.0. The highest BCUT2D eigenvalue weighted by atomic mass is 35.5. The normalized spacial score (nSPS) is 11.4. The van der Waals surface area contributed by atoms with Gasteiger partial charge in [-0.1, -0.05) is 29.8 Å². The van der Waals surface area contributed by atoms with E-state index in [0.29, 0.717) is 10.6 Å². The molecule has 2 rings (SSSR count). The summed E-state index contributed by atoms with van der Waals surface area (Å²) < 4.78 is 5.04. The minimum absolute atomic E-state index is 0.0627. The van der Waals surface area contributed by atoms with E-state index in [4.69, 9.17) is 16.3 Å². The van der Waals surface area contributed by atoms with Crippen LogP contribution >= 0.6 is 11.6 Å². The summed E-state index contributed by atoms with van der Waals surface area (Å²) >= 11 is 5.99. The van der Waals surface area contributed by atoms with Crippen LogP contribution in [0.15, 0.2) is 30.3 Å². The summed E-state index contributed by atoms with van der Waals surface area (Å²) in [6, 6.07) is 8.35. The van der Waals surface area contributed by atoms with E-state index in [2.05, 4.69) is 0 Å². The van der Waals surface area contributed by atoms with Gasteiger partial charge in [-0.05, 0) is 42.7 Å². The molecule has 0 unspecified atom stereocenters. The molecule has 5 heteroatoms. The van der Waals surface area contributed by atoms with Crippen LogP contribution < -0.4 is 4.74 Å². The number of aliphatic carboxylic acids is 1. The van der Waals surface area contributed by atoms with Crippen molar-refractivity contribution in [3.8, 4) is 11.5 Å². The van der Waals surface area contributed by atoms with Crippen LogP contribution in [0.25, 0.3) is 11.6 Å². The summed E-state index contributed by atoms with van der Waals surface area (Å²) in [6.45, 7) is 3.87. The van der Waals surface area contributed by atoms with E-state index in [9.17, 15) is 15.0 Å². The fraction of sp³-hybridized carbons (Fsp3) is 0.167. The SMILES string of the molecule is COc1cc(Cl)cc(/C=C(\C(=O)O)c2ccc(C)c(C)c2)c1O. The fourth-order valence-corrected chi connectivity index (χ4v) is 2.41. The molecule has 2 N–H and O–H groups in total. The van der Waals surface area contributed by atoms with Gasteiger partial charge in [-0.2, -0.15) is 0 Å². The Kier molecular flexibility index (Phi) is 4.96. The largest absolute Gasteiger partial charge is 0.504 e. The Morgan fingerprint density at radius 1 is 1.17 bits per heavy atom. The lowest BCUT2D eigenvalue weighted by Crippen LogP contribution is -2.00. The first-order valence-corrected chi connectivity index (χ1v) is 7.30. The third kappa shape index (κ3) is 3.66. The maximum atomic E-state index is 11.6. The second kappa shape index (κ2) is 6.75. The zero-order valence-corrected chi connectivity index (χ0v) is 13.8. The molecule has 0 saturated heterocycles. The number of rotatable bonds is 4. The third-order valence-electron chi connectivity index (χ3n) is 3.64. The van der Waals surface area contributed by atoms with E-state index in [1.54, 1.807) is 12.1 Å². The first-order valence-electron chi connectivity index (χ1n) is 6.92. The molecule has 0 aliphatic heterocycles. The topological polar surface area (TPSA) is 66.8 Å². The molecule has 0 amide bonds. The van der Waals surface area contributed by atoms with Gasteiger partial charge in [0.2, 0.25) is 0 Å². The maximum Gasteiger partial charge on any atom is 0.336 e. The van der Waals surface area contributed by atoms with Crippen LogP contribution in [-0.4, -0.2) is 23.3 Å². The van der Waals surface area contributed by atoms with Crippen LogP contribution in [0.3, 0.4) is 0 Å². The van der Waals surface area contributed by atoms with Crippen molar-refractivity contribution < 1.29 is 19.7 Å². The van der Waals surface area contributed by atoms with Gasteiger partial charge in [-0.3, -0.25) is 0 Å². The van der Waals surface area contributed by atoms with Crippen LogP contribution in [-0.2, 0) is 4.79 Å². The van der Waals surface area contributed by atoms with Gasteiger partial charge < -0.3 is 14.9 Å².